The van der Waals surface area contributed by atoms with Gasteiger partial charge in [0.05, 0.1) is 23.7 Å². The van der Waals surface area contributed by atoms with Gasteiger partial charge in [0.2, 0.25) is 10.0 Å². The summed E-state index contributed by atoms with van der Waals surface area (Å²) in [5, 5.41) is 6.95. The molecule has 1 amide bonds. The molecule has 0 saturated carbocycles. The summed E-state index contributed by atoms with van der Waals surface area (Å²) < 4.78 is 34.6. The Hall–Kier alpha value is -2.23. The standard InChI is InChI=1S/C17H22N4O4S/c1-12-14(9-18-21(12)2)10-19-26(23,24)16-5-3-4-13(8-16)17(22)20-15-6-7-25-11-15/h3-5,8-9,15,19H,6-7,10-11H2,1-2H3,(H,20,22)/t15-/m0/s1. The van der Waals surface area contributed by atoms with Gasteiger partial charge >= 0.3 is 0 Å². The molecule has 1 atom stereocenters. The van der Waals surface area contributed by atoms with E-state index in [0.29, 0.717) is 18.8 Å². The number of sulfonamides is 1. The Balaban J connectivity index is 1.71. The number of rotatable bonds is 6. The number of nitrogens with one attached hydrogen (secondary N) is 2. The van der Waals surface area contributed by atoms with Crippen molar-refractivity contribution >= 4 is 15.9 Å². The summed E-state index contributed by atoms with van der Waals surface area (Å²) in [6.07, 6.45) is 2.39. The number of nitrogens with zero attached hydrogens (tertiary/aromatic N) is 2. The van der Waals surface area contributed by atoms with Gasteiger partial charge < -0.3 is 10.1 Å². The van der Waals surface area contributed by atoms with E-state index < -0.39 is 10.0 Å². The number of aromatic nitrogens is 2. The molecule has 2 heterocycles. The van der Waals surface area contributed by atoms with E-state index in [1.807, 2.05) is 6.92 Å². The molecule has 140 valence electrons. The van der Waals surface area contributed by atoms with Crippen molar-refractivity contribution in [3.05, 3.63) is 47.3 Å². The smallest absolute Gasteiger partial charge is 0.251 e. The average Bonchev–Trinajstić information content (AvgIpc) is 3.24. The zero-order valence-corrected chi connectivity index (χ0v) is 15.5. The first-order chi connectivity index (χ1) is 12.4. The fourth-order valence-electron chi connectivity index (χ4n) is 2.70. The molecule has 0 spiro atoms. The molecule has 2 aromatic rings. The maximum atomic E-state index is 12.6. The summed E-state index contributed by atoms with van der Waals surface area (Å²) >= 11 is 0. The van der Waals surface area contributed by atoms with E-state index in [-0.39, 0.29) is 23.4 Å². The molecular formula is C17H22N4O4S. The minimum absolute atomic E-state index is 0.0329. The van der Waals surface area contributed by atoms with Gasteiger partial charge in [-0.3, -0.25) is 9.48 Å². The zero-order chi connectivity index (χ0) is 18.7. The highest BCUT2D eigenvalue weighted by molar-refractivity contribution is 7.89. The van der Waals surface area contributed by atoms with Crippen LogP contribution in [-0.2, 0) is 28.4 Å². The van der Waals surface area contributed by atoms with Crippen molar-refractivity contribution in [3.8, 4) is 0 Å². The molecule has 26 heavy (non-hydrogen) atoms. The normalized spacial score (nSPS) is 17.4. The van der Waals surface area contributed by atoms with Crippen LogP contribution in [-0.4, -0.2) is 43.4 Å². The lowest BCUT2D eigenvalue weighted by Crippen LogP contribution is -2.35. The van der Waals surface area contributed by atoms with Crippen molar-refractivity contribution in [2.75, 3.05) is 13.2 Å². The summed E-state index contributed by atoms with van der Waals surface area (Å²) in [7, 11) is -1.94. The molecule has 1 fully saturated rings. The summed E-state index contributed by atoms with van der Waals surface area (Å²) in [5.41, 5.74) is 1.99. The quantitative estimate of drug-likeness (QED) is 0.771. The highest BCUT2D eigenvalue weighted by atomic mass is 32.2. The minimum Gasteiger partial charge on any atom is -0.379 e. The second-order valence-electron chi connectivity index (χ2n) is 6.27. The molecule has 3 rings (SSSR count). The van der Waals surface area contributed by atoms with Crippen LogP contribution < -0.4 is 10.0 Å². The van der Waals surface area contributed by atoms with Crippen LogP contribution in [0.25, 0.3) is 0 Å². The first kappa shape index (κ1) is 18.6. The molecule has 0 bridgehead atoms. The fraction of sp³-hybridized carbons (Fsp3) is 0.412. The zero-order valence-electron chi connectivity index (χ0n) is 14.7. The fourth-order valence-corrected chi connectivity index (χ4v) is 3.75. The summed E-state index contributed by atoms with van der Waals surface area (Å²) in [6, 6.07) is 5.96. The van der Waals surface area contributed by atoms with Gasteiger partial charge in [0.15, 0.2) is 0 Å². The van der Waals surface area contributed by atoms with Crippen molar-refractivity contribution in [2.24, 2.45) is 7.05 Å². The summed E-state index contributed by atoms with van der Waals surface area (Å²) in [4.78, 5) is 12.4. The third-order valence-corrected chi connectivity index (χ3v) is 5.86. The number of hydrogen-bond acceptors (Lipinski definition) is 5. The third-order valence-electron chi connectivity index (χ3n) is 4.46. The van der Waals surface area contributed by atoms with Crippen molar-refractivity contribution in [3.63, 3.8) is 0 Å². The molecule has 1 saturated heterocycles. The van der Waals surface area contributed by atoms with E-state index in [1.54, 1.807) is 30.1 Å². The van der Waals surface area contributed by atoms with Gasteiger partial charge in [0, 0.05) is 37.0 Å². The van der Waals surface area contributed by atoms with E-state index in [0.717, 1.165) is 17.7 Å². The molecular weight excluding hydrogens is 356 g/mol. The molecule has 0 aliphatic carbocycles. The van der Waals surface area contributed by atoms with Crippen LogP contribution in [0.3, 0.4) is 0 Å². The molecule has 1 aromatic heterocycles. The summed E-state index contributed by atoms with van der Waals surface area (Å²) in [6.45, 7) is 3.11. The van der Waals surface area contributed by atoms with Gasteiger partial charge in [-0.25, -0.2) is 13.1 Å². The molecule has 1 aliphatic rings. The number of aryl methyl sites for hydroxylation is 1. The molecule has 1 aromatic carbocycles. The Morgan fingerprint density at radius 1 is 1.42 bits per heavy atom. The van der Waals surface area contributed by atoms with Gasteiger partial charge in [0.1, 0.15) is 0 Å². The Morgan fingerprint density at radius 2 is 2.23 bits per heavy atom. The summed E-state index contributed by atoms with van der Waals surface area (Å²) in [5.74, 6) is -0.305. The topological polar surface area (TPSA) is 102 Å². The van der Waals surface area contributed by atoms with Gasteiger partial charge in [0.25, 0.3) is 5.91 Å². The highest BCUT2D eigenvalue weighted by Gasteiger charge is 2.21. The van der Waals surface area contributed by atoms with Gasteiger partial charge in [-0.15, -0.1) is 0 Å². The van der Waals surface area contributed by atoms with Crippen molar-refractivity contribution in [1.29, 1.82) is 0 Å². The number of carbonyl (C=O) groups is 1. The first-order valence-electron chi connectivity index (χ1n) is 8.32. The SMILES string of the molecule is Cc1c(CNS(=O)(=O)c2cccc(C(=O)N[C@H]3CCOC3)c2)cnn1C. The predicted molar refractivity (Wildman–Crippen MR) is 95.1 cm³/mol. The Morgan fingerprint density at radius 3 is 2.88 bits per heavy atom. The van der Waals surface area contributed by atoms with Gasteiger partial charge in [-0.2, -0.15) is 5.10 Å². The van der Waals surface area contributed by atoms with Crippen LogP contribution in [0.2, 0.25) is 0 Å². The van der Waals surface area contributed by atoms with Crippen LogP contribution in [0, 0.1) is 6.92 Å². The van der Waals surface area contributed by atoms with Gasteiger partial charge in [-0.1, -0.05) is 6.07 Å². The van der Waals surface area contributed by atoms with Crippen molar-refractivity contribution in [2.45, 2.75) is 30.8 Å². The molecule has 1 aliphatic heterocycles. The number of carbonyl (C=O) groups excluding carboxylic acids is 1. The van der Waals surface area contributed by atoms with E-state index in [9.17, 15) is 13.2 Å². The molecule has 0 radical (unpaired) electrons. The molecule has 9 heteroatoms. The van der Waals surface area contributed by atoms with E-state index in [1.165, 1.54) is 12.1 Å². The second kappa shape index (κ2) is 7.56. The molecule has 0 unspecified atom stereocenters. The Kier molecular flexibility index (Phi) is 5.40. The maximum absolute atomic E-state index is 12.6. The van der Waals surface area contributed by atoms with Crippen LogP contribution in [0.1, 0.15) is 28.0 Å². The Labute approximate surface area is 152 Å². The first-order valence-corrected chi connectivity index (χ1v) is 9.81. The molecule has 2 N–H and O–H groups in total. The predicted octanol–water partition coefficient (Wildman–Crippen LogP) is 0.726. The van der Waals surface area contributed by atoms with Crippen LogP contribution >= 0.6 is 0 Å². The van der Waals surface area contributed by atoms with Crippen LogP contribution in [0.4, 0.5) is 0 Å². The number of amides is 1. The largest absolute Gasteiger partial charge is 0.379 e. The average molecular weight is 378 g/mol. The van der Waals surface area contributed by atoms with E-state index in [4.69, 9.17) is 4.74 Å². The van der Waals surface area contributed by atoms with Crippen molar-refractivity contribution in [1.82, 2.24) is 19.8 Å². The lowest BCUT2D eigenvalue weighted by atomic mass is 10.2. The van der Waals surface area contributed by atoms with E-state index in [2.05, 4.69) is 15.1 Å². The van der Waals surface area contributed by atoms with E-state index >= 15 is 0 Å². The van der Waals surface area contributed by atoms with Gasteiger partial charge in [-0.05, 0) is 31.5 Å². The Bertz CT molecular complexity index is 901. The highest BCUT2D eigenvalue weighted by Crippen LogP contribution is 2.14. The number of benzene rings is 1. The van der Waals surface area contributed by atoms with Crippen LogP contribution in [0.15, 0.2) is 35.4 Å². The lowest BCUT2D eigenvalue weighted by molar-refractivity contribution is 0.0929. The minimum atomic E-state index is -3.74. The van der Waals surface area contributed by atoms with Crippen molar-refractivity contribution < 1.29 is 17.9 Å². The van der Waals surface area contributed by atoms with Crippen LogP contribution in [0.5, 0.6) is 0 Å². The third kappa shape index (κ3) is 4.12. The maximum Gasteiger partial charge on any atom is 0.251 e. The number of hydrogen-bond donors (Lipinski definition) is 2. The second-order valence-corrected chi connectivity index (χ2v) is 8.03. The monoisotopic (exact) mass is 378 g/mol. The molecule has 8 nitrogen and oxygen atoms in total. The number of ether oxygens (including phenoxy) is 1. The lowest BCUT2D eigenvalue weighted by Gasteiger charge is -2.12.